The van der Waals surface area contributed by atoms with E-state index in [1.165, 1.54) is 28.9 Å². The molecule has 0 saturated carbocycles. The zero-order valence-corrected chi connectivity index (χ0v) is 16.4. The minimum absolute atomic E-state index is 0.139. The second-order valence-corrected chi connectivity index (χ2v) is 7.39. The van der Waals surface area contributed by atoms with Crippen molar-refractivity contribution in [2.45, 2.75) is 18.3 Å². The van der Waals surface area contributed by atoms with E-state index in [0.29, 0.717) is 38.3 Å². The van der Waals surface area contributed by atoms with Gasteiger partial charge in [0.15, 0.2) is 0 Å². The third-order valence-corrected chi connectivity index (χ3v) is 5.51. The Labute approximate surface area is 173 Å². The average molecular weight is 407 g/mol. The maximum absolute atomic E-state index is 13.8. The number of halogens is 1. The number of benzene rings is 2. The summed E-state index contributed by atoms with van der Waals surface area (Å²) in [5, 5.41) is 7.15. The second-order valence-electron chi connectivity index (χ2n) is 7.39. The Kier molecular flexibility index (Phi) is 5.72. The van der Waals surface area contributed by atoms with Crippen molar-refractivity contribution in [1.82, 2.24) is 15.1 Å². The SMILES string of the molecule is O=C(NCC1(c2cccc(F)c2)CCOCC1)c1ccc(=O)n(-c2ccccc2)n1. The van der Waals surface area contributed by atoms with Gasteiger partial charge in [0.2, 0.25) is 0 Å². The Balaban J connectivity index is 1.57. The molecule has 0 unspecified atom stereocenters. The monoisotopic (exact) mass is 407 g/mol. The molecule has 30 heavy (non-hydrogen) atoms. The topological polar surface area (TPSA) is 73.2 Å². The van der Waals surface area contributed by atoms with Crippen molar-refractivity contribution in [3.63, 3.8) is 0 Å². The highest BCUT2D eigenvalue weighted by Crippen LogP contribution is 2.34. The highest BCUT2D eigenvalue weighted by molar-refractivity contribution is 5.92. The van der Waals surface area contributed by atoms with Crippen molar-refractivity contribution in [2.75, 3.05) is 19.8 Å². The fraction of sp³-hybridized carbons (Fsp3) is 0.261. The molecule has 154 valence electrons. The number of amides is 1. The number of para-hydroxylation sites is 1. The van der Waals surface area contributed by atoms with Crippen LogP contribution in [0.5, 0.6) is 0 Å². The highest BCUT2D eigenvalue weighted by Gasteiger charge is 2.35. The van der Waals surface area contributed by atoms with Crippen LogP contribution in [-0.2, 0) is 10.2 Å². The number of carbonyl (C=O) groups excluding carboxylic acids is 1. The lowest BCUT2D eigenvalue weighted by Gasteiger charge is -2.38. The van der Waals surface area contributed by atoms with E-state index in [0.717, 1.165) is 5.56 Å². The summed E-state index contributed by atoms with van der Waals surface area (Å²) in [6.07, 6.45) is 1.35. The number of rotatable bonds is 5. The molecule has 2 aromatic carbocycles. The van der Waals surface area contributed by atoms with Gasteiger partial charge in [-0.05, 0) is 48.7 Å². The van der Waals surface area contributed by atoms with Gasteiger partial charge < -0.3 is 10.1 Å². The second kappa shape index (κ2) is 8.59. The van der Waals surface area contributed by atoms with Crippen molar-refractivity contribution in [3.8, 4) is 5.69 Å². The zero-order valence-electron chi connectivity index (χ0n) is 16.4. The van der Waals surface area contributed by atoms with E-state index in [9.17, 15) is 14.0 Å². The molecule has 1 saturated heterocycles. The molecule has 1 aliphatic heterocycles. The van der Waals surface area contributed by atoms with Gasteiger partial charge in [-0.1, -0.05) is 30.3 Å². The summed E-state index contributed by atoms with van der Waals surface area (Å²) in [4.78, 5) is 25.0. The van der Waals surface area contributed by atoms with Gasteiger partial charge in [0.1, 0.15) is 11.5 Å². The first-order valence-electron chi connectivity index (χ1n) is 9.85. The molecule has 0 bridgehead atoms. The van der Waals surface area contributed by atoms with E-state index in [4.69, 9.17) is 4.74 Å². The van der Waals surface area contributed by atoms with Crippen LogP contribution in [0.2, 0.25) is 0 Å². The molecule has 1 aliphatic rings. The van der Waals surface area contributed by atoms with Gasteiger partial charge in [0.25, 0.3) is 11.5 Å². The summed E-state index contributed by atoms with van der Waals surface area (Å²) in [5.41, 5.74) is 0.827. The normalized spacial score (nSPS) is 15.5. The third-order valence-electron chi connectivity index (χ3n) is 5.51. The molecule has 0 spiro atoms. The molecule has 7 heteroatoms. The van der Waals surface area contributed by atoms with E-state index in [2.05, 4.69) is 10.4 Å². The van der Waals surface area contributed by atoms with Gasteiger partial charge in [0, 0.05) is 31.2 Å². The number of nitrogens with one attached hydrogen (secondary N) is 1. The first kappa shape index (κ1) is 20.0. The zero-order chi connectivity index (χ0) is 21.0. The van der Waals surface area contributed by atoms with Crippen LogP contribution in [-0.4, -0.2) is 35.4 Å². The number of carbonyl (C=O) groups is 1. The smallest absolute Gasteiger partial charge is 0.271 e. The predicted octanol–water partition coefficient (Wildman–Crippen LogP) is 2.85. The number of hydrogen-bond acceptors (Lipinski definition) is 4. The molecule has 1 aromatic heterocycles. The molecule has 1 fully saturated rings. The molecular weight excluding hydrogens is 385 g/mol. The highest BCUT2D eigenvalue weighted by atomic mass is 19.1. The molecule has 6 nitrogen and oxygen atoms in total. The summed E-state index contributed by atoms with van der Waals surface area (Å²) < 4.78 is 20.5. The first-order chi connectivity index (χ1) is 14.6. The van der Waals surface area contributed by atoms with Crippen LogP contribution in [0.3, 0.4) is 0 Å². The lowest BCUT2D eigenvalue weighted by molar-refractivity contribution is 0.0485. The van der Waals surface area contributed by atoms with Crippen LogP contribution in [0, 0.1) is 5.82 Å². The van der Waals surface area contributed by atoms with Crippen LogP contribution < -0.4 is 10.9 Å². The van der Waals surface area contributed by atoms with E-state index in [1.54, 1.807) is 30.3 Å². The number of hydrogen-bond donors (Lipinski definition) is 1. The van der Waals surface area contributed by atoms with E-state index < -0.39 is 5.41 Å². The van der Waals surface area contributed by atoms with Crippen LogP contribution in [0.25, 0.3) is 5.69 Å². The lowest BCUT2D eigenvalue weighted by Crippen LogP contribution is -2.45. The Bertz CT molecular complexity index is 1090. The van der Waals surface area contributed by atoms with Crippen LogP contribution >= 0.6 is 0 Å². The Morgan fingerprint density at radius 2 is 1.83 bits per heavy atom. The summed E-state index contributed by atoms with van der Waals surface area (Å²) in [6.45, 7) is 1.41. The van der Waals surface area contributed by atoms with Gasteiger partial charge >= 0.3 is 0 Å². The van der Waals surface area contributed by atoms with Crippen molar-refractivity contribution in [1.29, 1.82) is 0 Å². The minimum atomic E-state index is -0.413. The molecule has 1 N–H and O–H groups in total. The van der Waals surface area contributed by atoms with Crippen LogP contribution in [0.4, 0.5) is 4.39 Å². The maximum Gasteiger partial charge on any atom is 0.271 e. The maximum atomic E-state index is 13.8. The van der Waals surface area contributed by atoms with Gasteiger partial charge in [-0.3, -0.25) is 9.59 Å². The predicted molar refractivity (Wildman–Crippen MR) is 110 cm³/mol. The van der Waals surface area contributed by atoms with E-state index >= 15 is 0 Å². The van der Waals surface area contributed by atoms with Crippen molar-refractivity contribution >= 4 is 5.91 Å². The molecule has 0 aliphatic carbocycles. The van der Waals surface area contributed by atoms with Gasteiger partial charge in [-0.25, -0.2) is 4.39 Å². The van der Waals surface area contributed by atoms with E-state index in [1.807, 2.05) is 12.1 Å². The van der Waals surface area contributed by atoms with Gasteiger partial charge in [-0.15, -0.1) is 0 Å². The Hall–Kier alpha value is -3.32. The molecule has 2 heterocycles. The summed E-state index contributed by atoms with van der Waals surface area (Å²) in [7, 11) is 0. The van der Waals surface area contributed by atoms with Crippen molar-refractivity contribution in [2.24, 2.45) is 0 Å². The first-order valence-corrected chi connectivity index (χ1v) is 9.85. The van der Waals surface area contributed by atoms with Gasteiger partial charge in [0.05, 0.1) is 5.69 Å². The molecule has 0 radical (unpaired) electrons. The van der Waals surface area contributed by atoms with E-state index in [-0.39, 0.29) is 23.0 Å². The molecule has 3 aromatic rings. The van der Waals surface area contributed by atoms with Crippen LogP contribution in [0.15, 0.2) is 71.5 Å². The molecule has 0 atom stereocenters. The quantitative estimate of drug-likeness (QED) is 0.706. The number of ether oxygens (including phenoxy) is 1. The van der Waals surface area contributed by atoms with Crippen LogP contribution in [0.1, 0.15) is 28.9 Å². The number of nitrogens with zero attached hydrogens (tertiary/aromatic N) is 2. The fourth-order valence-corrected chi connectivity index (χ4v) is 3.77. The van der Waals surface area contributed by atoms with Crippen molar-refractivity contribution in [3.05, 3.63) is 94.2 Å². The average Bonchev–Trinajstić information content (AvgIpc) is 2.79. The third kappa shape index (κ3) is 4.16. The summed E-state index contributed by atoms with van der Waals surface area (Å²) >= 11 is 0. The largest absolute Gasteiger partial charge is 0.381 e. The lowest BCUT2D eigenvalue weighted by atomic mass is 9.74. The van der Waals surface area contributed by atoms with Gasteiger partial charge in [-0.2, -0.15) is 9.78 Å². The molecule has 1 amide bonds. The Morgan fingerprint density at radius 3 is 2.57 bits per heavy atom. The standard InChI is InChI=1S/C23H22FN3O3/c24-18-6-4-5-17(15-18)23(11-13-30-14-12-23)16-25-22(29)20-9-10-21(28)27(26-20)19-7-2-1-3-8-19/h1-10,15H,11-14,16H2,(H,25,29). The molecular formula is C23H22FN3O3. The Morgan fingerprint density at radius 1 is 1.07 bits per heavy atom. The fourth-order valence-electron chi connectivity index (χ4n) is 3.77. The minimum Gasteiger partial charge on any atom is -0.381 e. The molecule has 4 rings (SSSR count). The summed E-state index contributed by atoms with van der Waals surface area (Å²) in [6, 6.07) is 18.2. The summed E-state index contributed by atoms with van der Waals surface area (Å²) in [5.74, 6) is -0.691. The van der Waals surface area contributed by atoms with Crippen molar-refractivity contribution < 1.29 is 13.9 Å². The number of aromatic nitrogens is 2.